The van der Waals surface area contributed by atoms with Gasteiger partial charge in [-0.05, 0) is 31.0 Å². The minimum absolute atomic E-state index is 0.0304. The van der Waals surface area contributed by atoms with Crippen molar-refractivity contribution in [2.75, 3.05) is 33.3 Å². The largest absolute Gasteiger partial charge is 0.495 e. The number of carbonyl (C=O) groups excluding carboxylic acids is 1. The number of hydrogen-bond acceptors (Lipinski definition) is 5. The van der Waals surface area contributed by atoms with E-state index in [9.17, 15) is 13.2 Å². The van der Waals surface area contributed by atoms with E-state index in [-0.39, 0.29) is 22.6 Å². The van der Waals surface area contributed by atoms with Gasteiger partial charge in [0.1, 0.15) is 10.6 Å². The van der Waals surface area contributed by atoms with Gasteiger partial charge in [-0.25, -0.2) is 13.1 Å². The van der Waals surface area contributed by atoms with Crippen molar-refractivity contribution in [2.45, 2.75) is 36.6 Å². The van der Waals surface area contributed by atoms with Crippen LogP contribution in [0.4, 0.5) is 0 Å². The molecule has 1 heterocycles. The number of rotatable bonds is 5. The smallest absolute Gasteiger partial charge is 0.253 e. The minimum atomic E-state index is -3.73. The number of piperazine rings is 1. The van der Waals surface area contributed by atoms with Crippen LogP contribution in [0.1, 0.15) is 36.0 Å². The van der Waals surface area contributed by atoms with Crippen molar-refractivity contribution in [3.05, 3.63) is 23.8 Å². The fourth-order valence-electron chi connectivity index (χ4n) is 3.40. The molecule has 1 amide bonds. The molecular weight excluding hydrogens is 342 g/mol. The van der Waals surface area contributed by atoms with Gasteiger partial charge < -0.3 is 15.0 Å². The first kappa shape index (κ1) is 18.2. The maximum Gasteiger partial charge on any atom is 0.253 e. The van der Waals surface area contributed by atoms with Crippen LogP contribution in [0.15, 0.2) is 23.1 Å². The average Bonchev–Trinajstić information content (AvgIpc) is 3.13. The highest BCUT2D eigenvalue weighted by Gasteiger charge is 2.27. The maximum absolute atomic E-state index is 12.8. The molecule has 1 saturated heterocycles. The first-order valence-electron chi connectivity index (χ1n) is 8.71. The molecule has 1 aromatic rings. The molecule has 0 bridgehead atoms. The summed E-state index contributed by atoms with van der Waals surface area (Å²) in [5.41, 5.74) is 0.370. The summed E-state index contributed by atoms with van der Waals surface area (Å²) in [4.78, 5) is 14.4. The Morgan fingerprint density at radius 2 is 1.92 bits per heavy atom. The summed E-state index contributed by atoms with van der Waals surface area (Å²) < 4.78 is 33.6. The topological polar surface area (TPSA) is 87.7 Å². The molecule has 0 radical (unpaired) electrons. The average molecular weight is 367 g/mol. The number of hydrogen-bond donors (Lipinski definition) is 2. The Labute approximate surface area is 148 Å². The van der Waals surface area contributed by atoms with Gasteiger partial charge in [-0.3, -0.25) is 4.79 Å². The van der Waals surface area contributed by atoms with Crippen LogP contribution in [0.25, 0.3) is 0 Å². The van der Waals surface area contributed by atoms with Crippen LogP contribution in [0.3, 0.4) is 0 Å². The number of carbonyl (C=O) groups is 1. The van der Waals surface area contributed by atoms with Gasteiger partial charge in [0.05, 0.1) is 7.11 Å². The Hall–Kier alpha value is -1.64. The van der Waals surface area contributed by atoms with E-state index in [2.05, 4.69) is 10.0 Å². The van der Waals surface area contributed by atoms with Crippen LogP contribution in [-0.4, -0.2) is 58.6 Å². The fraction of sp³-hybridized carbons (Fsp3) is 0.588. The number of nitrogens with one attached hydrogen (secondary N) is 2. The van der Waals surface area contributed by atoms with E-state index in [1.165, 1.54) is 13.2 Å². The van der Waals surface area contributed by atoms with E-state index < -0.39 is 10.0 Å². The van der Waals surface area contributed by atoms with Gasteiger partial charge in [0.15, 0.2) is 0 Å². The Morgan fingerprint density at radius 3 is 2.56 bits per heavy atom. The zero-order valence-electron chi connectivity index (χ0n) is 14.5. The maximum atomic E-state index is 12.8. The Balaban J connectivity index is 1.87. The zero-order chi connectivity index (χ0) is 17.9. The van der Waals surface area contributed by atoms with Crippen LogP contribution in [0.5, 0.6) is 5.75 Å². The third-order valence-electron chi connectivity index (χ3n) is 4.78. The molecule has 0 atom stereocenters. The lowest BCUT2D eigenvalue weighted by molar-refractivity contribution is 0.0735. The number of sulfonamides is 1. The van der Waals surface area contributed by atoms with Crippen LogP contribution >= 0.6 is 0 Å². The predicted molar refractivity (Wildman–Crippen MR) is 94.3 cm³/mol. The fourth-order valence-corrected chi connectivity index (χ4v) is 4.90. The second-order valence-electron chi connectivity index (χ2n) is 6.51. The molecule has 0 aromatic heterocycles. The van der Waals surface area contributed by atoms with E-state index >= 15 is 0 Å². The molecule has 1 saturated carbocycles. The zero-order valence-corrected chi connectivity index (χ0v) is 15.3. The predicted octanol–water partition coefficient (Wildman–Crippen LogP) is 0.961. The normalized spacial score (nSPS) is 19.2. The SMILES string of the molecule is COc1ccc(C(=O)N2CCNCC2)cc1S(=O)(=O)NC1CCCC1. The Morgan fingerprint density at radius 1 is 1.24 bits per heavy atom. The number of methoxy groups -OCH3 is 1. The van der Waals surface area contributed by atoms with Crippen LogP contribution in [0.2, 0.25) is 0 Å². The Bertz CT molecular complexity index is 723. The summed E-state index contributed by atoms with van der Waals surface area (Å²) in [6.45, 7) is 2.73. The van der Waals surface area contributed by atoms with Gasteiger partial charge in [0, 0.05) is 37.8 Å². The van der Waals surface area contributed by atoms with Crippen molar-refractivity contribution in [1.82, 2.24) is 14.9 Å². The van der Waals surface area contributed by atoms with Crippen molar-refractivity contribution in [3.63, 3.8) is 0 Å². The number of nitrogens with zero attached hydrogens (tertiary/aromatic N) is 1. The summed E-state index contributed by atoms with van der Waals surface area (Å²) in [6.07, 6.45) is 3.76. The van der Waals surface area contributed by atoms with Gasteiger partial charge in [-0.15, -0.1) is 0 Å². The molecule has 2 N–H and O–H groups in total. The van der Waals surface area contributed by atoms with Crippen molar-refractivity contribution in [3.8, 4) is 5.75 Å². The highest BCUT2D eigenvalue weighted by Crippen LogP contribution is 2.27. The molecule has 25 heavy (non-hydrogen) atoms. The summed E-state index contributed by atoms with van der Waals surface area (Å²) in [6, 6.07) is 4.57. The lowest BCUT2D eigenvalue weighted by Gasteiger charge is -2.27. The lowest BCUT2D eigenvalue weighted by atomic mass is 10.1. The molecule has 7 nitrogen and oxygen atoms in total. The Kier molecular flexibility index (Phi) is 5.61. The van der Waals surface area contributed by atoms with E-state index in [4.69, 9.17) is 4.74 Å². The van der Waals surface area contributed by atoms with Gasteiger partial charge in [0.25, 0.3) is 5.91 Å². The van der Waals surface area contributed by atoms with Crippen LogP contribution < -0.4 is 14.8 Å². The summed E-state index contributed by atoms with van der Waals surface area (Å²) in [5.74, 6) is 0.101. The van der Waals surface area contributed by atoms with Crippen molar-refractivity contribution in [2.24, 2.45) is 0 Å². The van der Waals surface area contributed by atoms with Crippen LogP contribution in [0, 0.1) is 0 Å². The number of amides is 1. The number of benzene rings is 1. The summed E-state index contributed by atoms with van der Waals surface area (Å²) in [7, 11) is -2.30. The quantitative estimate of drug-likeness (QED) is 0.809. The lowest BCUT2D eigenvalue weighted by Crippen LogP contribution is -2.46. The van der Waals surface area contributed by atoms with Gasteiger partial charge in [0.2, 0.25) is 10.0 Å². The number of ether oxygens (including phenoxy) is 1. The molecule has 0 spiro atoms. The van der Waals surface area contributed by atoms with E-state index in [1.807, 2.05) is 0 Å². The van der Waals surface area contributed by atoms with E-state index in [1.54, 1.807) is 17.0 Å². The molecule has 138 valence electrons. The summed E-state index contributed by atoms with van der Waals surface area (Å²) >= 11 is 0. The van der Waals surface area contributed by atoms with E-state index in [0.29, 0.717) is 18.7 Å². The standard InChI is InChI=1S/C17H25N3O4S/c1-24-15-7-6-13(17(21)20-10-8-18-9-11-20)12-16(15)25(22,23)19-14-4-2-3-5-14/h6-7,12,14,18-19H,2-5,8-11H2,1H3. The van der Waals surface area contributed by atoms with Gasteiger partial charge in [-0.1, -0.05) is 12.8 Å². The molecule has 1 aliphatic heterocycles. The molecule has 1 aromatic carbocycles. The third kappa shape index (κ3) is 4.13. The van der Waals surface area contributed by atoms with Gasteiger partial charge >= 0.3 is 0 Å². The first-order chi connectivity index (χ1) is 12.0. The minimum Gasteiger partial charge on any atom is -0.495 e. The van der Waals surface area contributed by atoms with Crippen LogP contribution in [-0.2, 0) is 10.0 Å². The second-order valence-corrected chi connectivity index (χ2v) is 8.19. The monoisotopic (exact) mass is 367 g/mol. The molecule has 1 aliphatic carbocycles. The third-order valence-corrected chi connectivity index (χ3v) is 6.32. The molecule has 2 aliphatic rings. The molecule has 2 fully saturated rings. The molecular formula is C17H25N3O4S. The van der Waals surface area contributed by atoms with Crippen molar-refractivity contribution >= 4 is 15.9 Å². The van der Waals surface area contributed by atoms with Gasteiger partial charge in [-0.2, -0.15) is 0 Å². The first-order valence-corrected chi connectivity index (χ1v) is 10.2. The highest BCUT2D eigenvalue weighted by atomic mass is 32.2. The van der Waals surface area contributed by atoms with Crippen molar-refractivity contribution < 1.29 is 17.9 Å². The second kappa shape index (κ2) is 7.72. The molecule has 3 rings (SSSR count). The van der Waals surface area contributed by atoms with E-state index in [0.717, 1.165) is 38.8 Å². The molecule has 0 unspecified atom stereocenters. The molecule has 8 heteroatoms. The highest BCUT2D eigenvalue weighted by molar-refractivity contribution is 7.89. The van der Waals surface area contributed by atoms with Crippen molar-refractivity contribution in [1.29, 1.82) is 0 Å². The summed E-state index contributed by atoms with van der Waals surface area (Å²) in [5, 5.41) is 3.20.